The SMILES string of the molecule is CO/N=C/c1ccc(C(=O)NCCCOC(C)c2ccccc2)cc1. The van der Waals surface area contributed by atoms with E-state index < -0.39 is 0 Å². The van der Waals surface area contributed by atoms with E-state index in [4.69, 9.17) is 4.74 Å². The van der Waals surface area contributed by atoms with Crippen molar-refractivity contribution >= 4 is 12.1 Å². The van der Waals surface area contributed by atoms with Crippen LogP contribution in [0.5, 0.6) is 0 Å². The predicted octanol–water partition coefficient (Wildman–Crippen LogP) is 3.56. The van der Waals surface area contributed by atoms with E-state index in [-0.39, 0.29) is 12.0 Å². The minimum Gasteiger partial charge on any atom is -0.399 e. The molecule has 5 nitrogen and oxygen atoms in total. The van der Waals surface area contributed by atoms with Gasteiger partial charge >= 0.3 is 0 Å². The topological polar surface area (TPSA) is 59.9 Å². The quantitative estimate of drug-likeness (QED) is 0.431. The van der Waals surface area contributed by atoms with E-state index >= 15 is 0 Å². The van der Waals surface area contributed by atoms with Crippen LogP contribution in [0.2, 0.25) is 0 Å². The summed E-state index contributed by atoms with van der Waals surface area (Å²) in [6, 6.07) is 17.3. The lowest BCUT2D eigenvalue weighted by molar-refractivity contribution is 0.0635. The molecule has 2 rings (SSSR count). The van der Waals surface area contributed by atoms with E-state index in [1.165, 1.54) is 7.11 Å². The summed E-state index contributed by atoms with van der Waals surface area (Å²) in [4.78, 5) is 16.7. The molecule has 1 N–H and O–H groups in total. The summed E-state index contributed by atoms with van der Waals surface area (Å²) in [5, 5.41) is 6.58. The van der Waals surface area contributed by atoms with E-state index in [1.54, 1.807) is 18.3 Å². The lowest BCUT2D eigenvalue weighted by Crippen LogP contribution is -2.25. The first-order valence-electron chi connectivity index (χ1n) is 8.32. The molecule has 5 heteroatoms. The lowest BCUT2D eigenvalue weighted by Gasteiger charge is -2.13. The van der Waals surface area contributed by atoms with Crippen molar-refractivity contribution in [2.24, 2.45) is 5.16 Å². The minimum absolute atomic E-state index is 0.0539. The van der Waals surface area contributed by atoms with Crippen LogP contribution in [0.15, 0.2) is 59.8 Å². The van der Waals surface area contributed by atoms with Crippen molar-refractivity contribution in [1.29, 1.82) is 0 Å². The number of benzene rings is 2. The molecule has 0 radical (unpaired) electrons. The Morgan fingerprint density at radius 3 is 2.56 bits per heavy atom. The average Bonchev–Trinajstić information content (AvgIpc) is 2.67. The average molecular weight is 340 g/mol. The molecule has 0 aliphatic rings. The zero-order valence-electron chi connectivity index (χ0n) is 14.6. The first kappa shape index (κ1) is 18.7. The molecule has 0 bridgehead atoms. The Labute approximate surface area is 148 Å². The molecule has 0 aliphatic carbocycles. The fraction of sp³-hybridized carbons (Fsp3) is 0.300. The van der Waals surface area contributed by atoms with E-state index in [2.05, 4.69) is 15.3 Å². The van der Waals surface area contributed by atoms with Crippen LogP contribution in [-0.2, 0) is 9.57 Å². The third kappa shape index (κ3) is 6.39. The highest BCUT2D eigenvalue weighted by Crippen LogP contribution is 2.15. The van der Waals surface area contributed by atoms with Gasteiger partial charge in [-0.2, -0.15) is 0 Å². The molecule has 0 aromatic heterocycles. The monoisotopic (exact) mass is 340 g/mol. The summed E-state index contributed by atoms with van der Waals surface area (Å²) in [5.74, 6) is -0.0914. The molecule has 25 heavy (non-hydrogen) atoms. The number of rotatable bonds is 9. The van der Waals surface area contributed by atoms with Gasteiger partial charge < -0.3 is 14.9 Å². The van der Waals surface area contributed by atoms with Crippen molar-refractivity contribution in [1.82, 2.24) is 5.32 Å². The van der Waals surface area contributed by atoms with Crippen LogP contribution in [0, 0.1) is 0 Å². The Morgan fingerprint density at radius 1 is 1.16 bits per heavy atom. The van der Waals surface area contributed by atoms with Gasteiger partial charge in [-0.1, -0.05) is 47.6 Å². The Balaban J connectivity index is 1.67. The van der Waals surface area contributed by atoms with Crippen LogP contribution in [0.3, 0.4) is 0 Å². The first-order valence-corrected chi connectivity index (χ1v) is 8.32. The molecule has 1 amide bonds. The number of ether oxygens (including phenoxy) is 1. The standard InChI is InChI=1S/C20H24N2O3/c1-16(18-7-4-3-5-8-18)25-14-6-13-21-20(23)19-11-9-17(10-12-19)15-22-24-2/h3-5,7-12,15-16H,6,13-14H2,1-2H3,(H,21,23)/b22-15+. The third-order valence-electron chi connectivity index (χ3n) is 3.72. The van der Waals surface area contributed by atoms with Gasteiger partial charge in [-0.15, -0.1) is 0 Å². The Kier molecular flexibility index (Phi) is 7.66. The van der Waals surface area contributed by atoms with E-state index in [9.17, 15) is 4.79 Å². The van der Waals surface area contributed by atoms with E-state index in [0.717, 1.165) is 17.5 Å². The molecular formula is C20H24N2O3. The lowest BCUT2D eigenvalue weighted by atomic mass is 10.1. The van der Waals surface area contributed by atoms with Crippen molar-refractivity contribution in [2.75, 3.05) is 20.3 Å². The van der Waals surface area contributed by atoms with E-state index in [0.29, 0.717) is 18.7 Å². The van der Waals surface area contributed by atoms with Crippen LogP contribution in [0.25, 0.3) is 0 Å². The zero-order chi connectivity index (χ0) is 17.9. The van der Waals surface area contributed by atoms with Gasteiger partial charge in [0.2, 0.25) is 0 Å². The normalized spacial score (nSPS) is 12.1. The number of nitrogens with zero attached hydrogens (tertiary/aromatic N) is 1. The fourth-order valence-corrected chi connectivity index (χ4v) is 2.29. The van der Waals surface area contributed by atoms with Crippen LogP contribution in [-0.4, -0.2) is 32.4 Å². The molecule has 0 aliphatic heterocycles. The molecule has 0 heterocycles. The summed E-state index contributed by atoms with van der Waals surface area (Å²) in [5.41, 5.74) is 2.65. The Morgan fingerprint density at radius 2 is 1.88 bits per heavy atom. The summed E-state index contributed by atoms with van der Waals surface area (Å²) in [7, 11) is 1.49. The van der Waals surface area contributed by atoms with Gasteiger partial charge in [0, 0.05) is 18.7 Å². The van der Waals surface area contributed by atoms with E-state index in [1.807, 2.05) is 49.4 Å². The maximum absolute atomic E-state index is 12.1. The fourth-order valence-electron chi connectivity index (χ4n) is 2.29. The van der Waals surface area contributed by atoms with Crippen LogP contribution < -0.4 is 5.32 Å². The van der Waals surface area contributed by atoms with Crippen molar-refractivity contribution in [2.45, 2.75) is 19.4 Å². The minimum atomic E-state index is -0.0914. The summed E-state index contributed by atoms with van der Waals surface area (Å²) in [6.07, 6.45) is 2.41. The highest BCUT2D eigenvalue weighted by atomic mass is 16.6. The second kappa shape index (κ2) is 10.3. The van der Waals surface area contributed by atoms with Gasteiger partial charge in [0.05, 0.1) is 12.3 Å². The van der Waals surface area contributed by atoms with Crippen molar-refractivity contribution < 1.29 is 14.4 Å². The van der Waals surface area contributed by atoms with Gasteiger partial charge in [-0.3, -0.25) is 4.79 Å². The van der Waals surface area contributed by atoms with Crippen LogP contribution in [0.1, 0.15) is 40.9 Å². The maximum atomic E-state index is 12.1. The molecule has 0 fully saturated rings. The highest BCUT2D eigenvalue weighted by Gasteiger charge is 2.06. The predicted molar refractivity (Wildman–Crippen MR) is 98.8 cm³/mol. The zero-order valence-corrected chi connectivity index (χ0v) is 14.6. The van der Waals surface area contributed by atoms with Crippen molar-refractivity contribution in [3.63, 3.8) is 0 Å². The number of amides is 1. The van der Waals surface area contributed by atoms with Crippen molar-refractivity contribution in [3.8, 4) is 0 Å². The molecule has 132 valence electrons. The Hall–Kier alpha value is -2.66. The molecule has 0 spiro atoms. The molecule has 0 saturated heterocycles. The number of hydrogen-bond acceptors (Lipinski definition) is 4. The van der Waals surface area contributed by atoms with Crippen LogP contribution >= 0.6 is 0 Å². The van der Waals surface area contributed by atoms with Crippen LogP contribution in [0.4, 0.5) is 0 Å². The number of oxime groups is 1. The van der Waals surface area contributed by atoms with Gasteiger partial charge in [-0.25, -0.2) is 0 Å². The second-order valence-corrected chi connectivity index (χ2v) is 5.57. The molecular weight excluding hydrogens is 316 g/mol. The number of nitrogens with one attached hydrogen (secondary N) is 1. The third-order valence-corrected chi connectivity index (χ3v) is 3.72. The molecule has 1 unspecified atom stereocenters. The molecule has 1 atom stereocenters. The van der Waals surface area contributed by atoms with Gasteiger partial charge in [0.25, 0.3) is 5.91 Å². The summed E-state index contributed by atoms with van der Waals surface area (Å²) in [6.45, 7) is 3.21. The molecule has 0 saturated carbocycles. The highest BCUT2D eigenvalue weighted by molar-refractivity contribution is 5.94. The maximum Gasteiger partial charge on any atom is 0.251 e. The van der Waals surface area contributed by atoms with Gasteiger partial charge in [0.15, 0.2) is 0 Å². The number of carbonyl (C=O) groups excluding carboxylic acids is 1. The molecule has 2 aromatic carbocycles. The number of carbonyl (C=O) groups is 1. The second-order valence-electron chi connectivity index (χ2n) is 5.57. The number of hydrogen-bond donors (Lipinski definition) is 1. The van der Waals surface area contributed by atoms with Gasteiger partial charge in [-0.05, 0) is 36.6 Å². The smallest absolute Gasteiger partial charge is 0.251 e. The molecule has 2 aromatic rings. The Bertz CT molecular complexity index is 669. The van der Waals surface area contributed by atoms with Gasteiger partial charge in [0.1, 0.15) is 7.11 Å². The first-order chi connectivity index (χ1) is 12.2. The largest absolute Gasteiger partial charge is 0.399 e. The summed E-state index contributed by atoms with van der Waals surface area (Å²) < 4.78 is 5.79. The van der Waals surface area contributed by atoms with Crippen molar-refractivity contribution in [3.05, 3.63) is 71.3 Å². The summed E-state index contributed by atoms with van der Waals surface area (Å²) >= 11 is 0.